The van der Waals surface area contributed by atoms with Crippen LogP contribution in [0.25, 0.3) is 0 Å². The summed E-state index contributed by atoms with van der Waals surface area (Å²) in [5.74, 6) is -0.286. The average Bonchev–Trinajstić information content (AvgIpc) is 2.31. The number of benzene rings is 1. The molecule has 0 bridgehead atoms. The number of nitrogens with zero attached hydrogens (tertiary/aromatic N) is 1. The maximum atomic E-state index is 10.7. The molecule has 18 heavy (non-hydrogen) atoms. The molecule has 0 aliphatic carbocycles. The Morgan fingerprint density at radius 1 is 1.22 bits per heavy atom. The summed E-state index contributed by atoms with van der Waals surface area (Å²) >= 11 is 11.7. The van der Waals surface area contributed by atoms with Crippen molar-refractivity contribution in [3.63, 3.8) is 0 Å². The van der Waals surface area contributed by atoms with Crippen molar-refractivity contribution in [2.75, 3.05) is 0 Å². The van der Waals surface area contributed by atoms with Crippen molar-refractivity contribution >= 4 is 29.2 Å². The molecule has 2 rings (SSSR count). The van der Waals surface area contributed by atoms with Gasteiger partial charge in [-0.1, -0.05) is 23.2 Å². The van der Waals surface area contributed by atoms with Crippen molar-refractivity contribution in [1.29, 1.82) is 0 Å². The van der Waals surface area contributed by atoms with Crippen LogP contribution in [0, 0.1) is 0 Å². The van der Waals surface area contributed by atoms with Gasteiger partial charge in [-0.2, -0.15) is 0 Å². The highest BCUT2D eigenvalue weighted by molar-refractivity contribution is 6.32. The lowest BCUT2D eigenvalue weighted by Crippen LogP contribution is -1.96. The lowest BCUT2D eigenvalue weighted by atomic mass is 10.2. The van der Waals surface area contributed by atoms with Crippen molar-refractivity contribution in [3.8, 4) is 11.5 Å². The second kappa shape index (κ2) is 5.25. The van der Waals surface area contributed by atoms with E-state index in [1.807, 2.05) is 0 Å². The highest BCUT2D eigenvalue weighted by atomic mass is 35.5. The Hall–Kier alpha value is -1.78. The minimum atomic E-state index is -1.05. The number of aromatic nitrogens is 1. The van der Waals surface area contributed by atoms with Gasteiger partial charge in [0.2, 0.25) is 0 Å². The van der Waals surface area contributed by atoms with Crippen LogP contribution in [0.1, 0.15) is 10.4 Å². The topological polar surface area (TPSA) is 59.4 Å². The van der Waals surface area contributed by atoms with E-state index in [0.29, 0.717) is 16.5 Å². The quantitative estimate of drug-likeness (QED) is 0.929. The molecule has 92 valence electrons. The normalized spacial score (nSPS) is 10.1. The molecular formula is C12H7Cl2NO3. The van der Waals surface area contributed by atoms with E-state index in [-0.39, 0.29) is 10.6 Å². The van der Waals surface area contributed by atoms with E-state index in [1.54, 1.807) is 6.07 Å². The number of pyridine rings is 1. The van der Waals surface area contributed by atoms with Gasteiger partial charge in [0.15, 0.2) is 0 Å². The van der Waals surface area contributed by atoms with E-state index in [2.05, 4.69) is 4.98 Å². The Balaban J connectivity index is 2.27. The van der Waals surface area contributed by atoms with E-state index in [4.69, 9.17) is 33.0 Å². The van der Waals surface area contributed by atoms with E-state index in [0.717, 1.165) is 0 Å². The van der Waals surface area contributed by atoms with Crippen molar-refractivity contribution in [2.45, 2.75) is 0 Å². The average molecular weight is 284 g/mol. The summed E-state index contributed by atoms with van der Waals surface area (Å²) in [4.78, 5) is 14.6. The van der Waals surface area contributed by atoms with Crippen LogP contribution in [0.5, 0.6) is 11.5 Å². The first-order chi connectivity index (χ1) is 8.56. The van der Waals surface area contributed by atoms with Crippen LogP contribution in [0.2, 0.25) is 10.0 Å². The summed E-state index contributed by atoms with van der Waals surface area (Å²) in [7, 11) is 0. The van der Waals surface area contributed by atoms with E-state index in [9.17, 15) is 4.79 Å². The number of carbonyl (C=O) groups is 1. The summed E-state index contributed by atoms with van der Waals surface area (Å²) in [6, 6.07) is 5.78. The van der Waals surface area contributed by atoms with Crippen molar-refractivity contribution in [2.24, 2.45) is 0 Å². The standard InChI is InChI=1S/C12H7Cl2NO3/c13-8-4-9(6-15-5-8)18-11-2-1-7(12(16)17)3-10(11)14/h1-6H,(H,16,17). The zero-order valence-electron chi connectivity index (χ0n) is 8.93. The Morgan fingerprint density at radius 3 is 2.61 bits per heavy atom. The third-order valence-corrected chi connectivity index (χ3v) is 2.59. The molecule has 1 aromatic heterocycles. The lowest BCUT2D eigenvalue weighted by molar-refractivity contribution is 0.0697. The number of carboxylic acids is 1. The molecule has 0 spiro atoms. The van der Waals surface area contributed by atoms with E-state index in [1.165, 1.54) is 30.6 Å². The van der Waals surface area contributed by atoms with Gasteiger partial charge in [0, 0.05) is 12.3 Å². The van der Waals surface area contributed by atoms with Gasteiger partial charge in [-0.3, -0.25) is 4.98 Å². The van der Waals surface area contributed by atoms with Gasteiger partial charge in [0.25, 0.3) is 0 Å². The Bertz CT molecular complexity index is 602. The van der Waals surface area contributed by atoms with Gasteiger partial charge in [0.05, 0.1) is 21.8 Å². The molecular weight excluding hydrogens is 277 g/mol. The van der Waals surface area contributed by atoms with Crippen molar-refractivity contribution in [3.05, 3.63) is 52.3 Å². The van der Waals surface area contributed by atoms with Crippen LogP contribution in [-0.2, 0) is 0 Å². The Kier molecular flexibility index (Phi) is 3.69. The van der Waals surface area contributed by atoms with E-state index < -0.39 is 5.97 Å². The zero-order chi connectivity index (χ0) is 13.1. The monoisotopic (exact) mass is 283 g/mol. The fourth-order valence-electron chi connectivity index (χ4n) is 1.29. The molecule has 1 heterocycles. The maximum absolute atomic E-state index is 10.7. The fraction of sp³-hybridized carbons (Fsp3) is 0. The number of halogens is 2. The van der Waals surface area contributed by atoms with Crippen LogP contribution >= 0.6 is 23.2 Å². The molecule has 0 unspecified atom stereocenters. The SMILES string of the molecule is O=C(O)c1ccc(Oc2cncc(Cl)c2)c(Cl)c1. The lowest BCUT2D eigenvalue weighted by Gasteiger charge is -2.07. The number of carboxylic acid groups (broad SMARTS) is 1. The zero-order valence-corrected chi connectivity index (χ0v) is 10.4. The van der Waals surface area contributed by atoms with Crippen LogP contribution < -0.4 is 4.74 Å². The summed E-state index contributed by atoms with van der Waals surface area (Å²) in [6.45, 7) is 0. The first-order valence-corrected chi connectivity index (χ1v) is 5.63. The van der Waals surface area contributed by atoms with Crippen molar-refractivity contribution in [1.82, 2.24) is 4.98 Å². The van der Waals surface area contributed by atoms with Gasteiger partial charge in [-0.15, -0.1) is 0 Å². The predicted molar refractivity (Wildman–Crippen MR) is 67.7 cm³/mol. The molecule has 0 atom stereocenters. The summed E-state index contributed by atoms with van der Waals surface area (Å²) in [5, 5.41) is 9.44. The molecule has 6 heteroatoms. The second-order valence-corrected chi connectivity index (χ2v) is 4.23. The van der Waals surface area contributed by atoms with Crippen LogP contribution in [0.3, 0.4) is 0 Å². The second-order valence-electron chi connectivity index (χ2n) is 3.39. The highest BCUT2D eigenvalue weighted by Gasteiger charge is 2.09. The molecule has 2 aromatic rings. The number of ether oxygens (including phenoxy) is 1. The maximum Gasteiger partial charge on any atom is 0.335 e. The molecule has 4 nitrogen and oxygen atoms in total. The molecule has 0 amide bonds. The first kappa shape index (κ1) is 12.7. The fourth-order valence-corrected chi connectivity index (χ4v) is 1.67. The van der Waals surface area contributed by atoms with Gasteiger partial charge >= 0.3 is 5.97 Å². The van der Waals surface area contributed by atoms with Gasteiger partial charge in [0.1, 0.15) is 11.5 Å². The minimum absolute atomic E-state index is 0.0940. The number of hydrogen-bond acceptors (Lipinski definition) is 3. The molecule has 0 saturated carbocycles. The van der Waals surface area contributed by atoms with Crippen LogP contribution in [0.15, 0.2) is 36.7 Å². The number of hydrogen-bond donors (Lipinski definition) is 1. The van der Waals surface area contributed by atoms with Crippen LogP contribution in [0.4, 0.5) is 0 Å². The van der Waals surface area contributed by atoms with Gasteiger partial charge in [-0.05, 0) is 18.2 Å². The molecule has 0 fully saturated rings. The minimum Gasteiger partial charge on any atom is -0.478 e. The van der Waals surface area contributed by atoms with Gasteiger partial charge < -0.3 is 9.84 Å². The molecule has 0 radical (unpaired) electrons. The molecule has 1 aromatic carbocycles. The summed E-state index contributed by atoms with van der Waals surface area (Å²) in [5.41, 5.74) is 0.0940. The Morgan fingerprint density at radius 2 is 2.00 bits per heavy atom. The highest BCUT2D eigenvalue weighted by Crippen LogP contribution is 2.30. The van der Waals surface area contributed by atoms with Crippen LogP contribution in [-0.4, -0.2) is 16.1 Å². The first-order valence-electron chi connectivity index (χ1n) is 4.87. The summed E-state index contributed by atoms with van der Waals surface area (Å²) in [6.07, 6.45) is 2.96. The van der Waals surface area contributed by atoms with Crippen molar-refractivity contribution < 1.29 is 14.6 Å². The Labute approximate surface area is 113 Å². The third-order valence-electron chi connectivity index (χ3n) is 2.09. The van der Waals surface area contributed by atoms with E-state index >= 15 is 0 Å². The number of aromatic carboxylic acids is 1. The molecule has 0 aliphatic rings. The molecule has 1 N–H and O–H groups in total. The largest absolute Gasteiger partial charge is 0.478 e. The predicted octanol–water partition coefficient (Wildman–Crippen LogP) is 3.88. The smallest absolute Gasteiger partial charge is 0.335 e. The van der Waals surface area contributed by atoms with Gasteiger partial charge in [-0.25, -0.2) is 4.79 Å². The number of rotatable bonds is 3. The summed E-state index contributed by atoms with van der Waals surface area (Å²) < 4.78 is 5.45. The molecule has 0 aliphatic heterocycles. The third kappa shape index (κ3) is 2.91. The molecule has 0 saturated heterocycles.